The number of para-hydroxylation sites is 1. The number of nitrogens with one attached hydrogen (secondary N) is 1. The van der Waals surface area contributed by atoms with Gasteiger partial charge in [-0.15, -0.1) is 0 Å². The predicted molar refractivity (Wildman–Crippen MR) is 76.4 cm³/mol. The summed E-state index contributed by atoms with van der Waals surface area (Å²) in [6.45, 7) is 0.922. The van der Waals surface area contributed by atoms with E-state index in [1.54, 1.807) is 0 Å². The summed E-state index contributed by atoms with van der Waals surface area (Å²) in [6.07, 6.45) is 1.95. The molecule has 3 rings (SSSR count). The molecule has 0 spiro atoms. The first-order chi connectivity index (χ1) is 8.77. The number of hydrogen-bond acceptors (Lipinski definition) is 3. The lowest BCUT2D eigenvalue weighted by Crippen LogP contribution is -2.43. The zero-order chi connectivity index (χ0) is 12.5. The van der Waals surface area contributed by atoms with Gasteiger partial charge in [-0.05, 0) is 6.07 Å². The zero-order valence-corrected chi connectivity index (χ0v) is 11.2. The van der Waals surface area contributed by atoms with Crippen LogP contribution in [0.5, 0.6) is 0 Å². The van der Waals surface area contributed by atoms with Crippen LogP contribution in [0.25, 0.3) is 10.9 Å². The topological polar surface area (TPSA) is 34.0 Å². The maximum Gasteiger partial charge on any atom is 0.182 e. The molecule has 3 nitrogen and oxygen atoms in total. The van der Waals surface area contributed by atoms with Crippen LogP contribution in [0.1, 0.15) is 10.4 Å². The Morgan fingerprint density at radius 2 is 2.28 bits per heavy atom. The molecule has 2 heterocycles. The number of benzene rings is 1. The highest BCUT2D eigenvalue weighted by molar-refractivity contribution is 7.99. The van der Waals surface area contributed by atoms with E-state index < -0.39 is 0 Å². The minimum atomic E-state index is -0.0328. The van der Waals surface area contributed by atoms with Gasteiger partial charge < -0.3 is 9.88 Å². The molecule has 1 fully saturated rings. The lowest BCUT2D eigenvalue weighted by Gasteiger charge is -2.21. The van der Waals surface area contributed by atoms with Gasteiger partial charge in [0.1, 0.15) is 0 Å². The SMILES string of the molecule is Cn1cc(C(=O)C2CSCCN2)c2ccccc21. The highest BCUT2D eigenvalue weighted by atomic mass is 32.2. The van der Waals surface area contributed by atoms with Crippen molar-refractivity contribution in [1.29, 1.82) is 0 Å². The van der Waals surface area contributed by atoms with Crippen molar-refractivity contribution in [2.45, 2.75) is 6.04 Å². The van der Waals surface area contributed by atoms with E-state index in [0.29, 0.717) is 0 Å². The third-order valence-corrected chi connectivity index (χ3v) is 4.46. The van der Waals surface area contributed by atoms with Gasteiger partial charge in [-0.3, -0.25) is 4.79 Å². The van der Waals surface area contributed by atoms with E-state index in [1.165, 1.54) is 0 Å². The molecule has 1 aromatic carbocycles. The zero-order valence-electron chi connectivity index (χ0n) is 10.3. The third kappa shape index (κ3) is 1.95. The van der Waals surface area contributed by atoms with Crippen molar-refractivity contribution in [3.8, 4) is 0 Å². The van der Waals surface area contributed by atoms with E-state index in [-0.39, 0.29) is 11.8 Å². The average molecular weight is 260 g/mol. The fourth-order valence-electron chi connectivity index (χ4n) is 2.46. The van der Waals surface area contributed by atoms with Crippen LogP contribution in [0.3, 0.4) is 0 Å². The minimum Gasteiger partial charge on any atom is -0.350 e. The van der Waals surface area contributed by atoms with Gasteiger partial charge in [-0.1, -0.05) is 18.2 Å². The summed E-state index contributed by atoms with van der Waals surface area (Å²) in [5, 5.41) is 4.37. The van der Waals surface area contributed by atoms with Gasteiger partial charge in [0.15, 0.2) is 5.78 Å². The van der Waals surface area contributed by atoms with E-state index in [1.807, 2.05) is 47.8 Å². The summed E-state index contributed by atoms with van der Waals surface area (Å²) in [6, 6.07) is 8.04. The first-order valence-electron chi connectivity index (χ1n) is 6.17. The monoisotopic (exact) mass is 260 g/mol. The van der Waals surface area contributed by atoms with Gasteiger partial charge in [0.2, 0.25) is 0 Å². The molecule has 94 valence electrons. The average Bonchev–Trinajstić information content (AvgIpc) is 2.77. The summed E-state index contributed by atoms with van der Waals surface area (Å²) >= 11 is 1.85. The van der Waals surface area contributed by atoms with Crippen molar-refractivity contribution in [2.24, 2.45) is 7.05 Å². The number of fused-ring (bicyclic) bond motifs is 1. The molecule has 0 saturated carbocycles. The molecular weight excluding hydrogens is 244 g/mol. The van der Waals surface area contributed by atoms with E-state index >= 15 is 0 Å². The maximum atomic E-state index is 12.5. The summed E-state index contributed by atoms with van der Waals surface area (Å²) in [5.41, 5.74) is 1.96. The molecule has 0 aliphatic carbocycles. The quantitative estimate of drug-likeness (QED) is 0.839. The van der Waals surface area contributed by atoms with Crippen molar-refractivity contribution in [2.75, 3.05) is 18.1 Å². The molecule has 0 bridgehead atoms. The summed E-state index contributed by atoms with van der Waals surface area (Å²) in [5.74, 6) is 2.19. The fourth-order valence-corrected chi connectivity index (χ4v) is 3.39. The first kappa shape index (κ1) is 11.8. The molecule has 1 saturated heterocycles. The van der Waals surface area contributed by atoms with E-state index in [4.69, 9.17) is 0 Å². The minimum absolute atomic E-state index is 0.0328. The molecule has 1 atom stereocenters. The number of aromatic nitrogens is 1. The Labute approximate surface area is 111 Å². The Morgan fingerprint density at radius 3 is 3.06 bits per heavy atom. The van der Waals surface area contributed by atoms with Gasteiger partial charge >= 0.3 is 0 Å². The van der Waals surface area contributed by atoms with Crippen molar-refractivity contribution < 1.29 is 4.79 Å². The second-order valence-corrected chi connectivity index (χ2v) is 5.77. The summed E-state index contributed by atoms with van der Waals surface area (Å²) in [7, 11) is 1.99. The number of rotatable bonds is 2. The van der Waals surface area contributed by atoms with Crippen LogP contribution in [0.15, 0.2) is 30.5 Å². The second kappa shape index (κ2) is 4.78. The van der Waals surface area contributed by atoms with Crippen molar-refractivity contribution in [3.05, 3.63) is 36.0 Å². The summed E-state index contributed by atoms with van der Waals surface area (Å²) in [4.78, 5) is 12.5. The Kier molecular flexibility index (Phi) is 3.14. The molecule has 1 N–H and O–H groups in total. The standard InChI is InChI=1S/C14H16N2OS/c1-16-8-11(10-4-2-3-5-13(10)16)14(17)12-9-18-7-6-15-12/h2-5,8,12,15H,6-7,9H2,1H3. The van der Waals surface area contributed by atoms with Gasteiger partial charge in [-0.25, -0.2) is 0 Å². The molecule has 1 unspecified atom stereocenters. The largest absolute Gasteiger partial charge is 0.350 e. The summed E-state index contributed by atoms with van der Waals surface area (Å²) < 4.78 is 2.03. The van der Waals surface area contributed by atoms with Crippen LogP contribution < -0.4 is 5.32 Å². The number of aryl methyl sites for hydroxylation is 1. The van der Waals surface area contributed by atoms with Gasteiger partial charge in [0, 0.05) is 47.8 Å². The molecule has 1 aliphatic heterocycles. The number of thioether (sulfide) groups is 1. The molecule has 0 radical (unpaired) electrons. The van der Waals surface area contributed by atoms with Crippen LogP contribution in [0.2, 0.25) is 0 Å². The molecule has 1 aliphatic rings. The van der Waals surface area contributed by atoms with Crippen molar-refractivity contribution >= 4 is 28.4 Å². The lowest BCUT2D eigenvalue weighted by molar-refractivity contribution is 0.0954. The Bertz CT molecular complexity index is 584. The van der Waals surface area contributed by atoms with Crippen LogP contribution in [-0.2, 0) is 7.05 Å². The fraction of sp³-hybridized carbons (Fsp3) is 0.357. The van der Waals surface area contributed by atoms with Crippen LogP contribution in [0.4, 0.5) is 0 Å². The van der Waals surface area contributed by atoms with Crippen LogP contribution in [0, 0.1) is 0 Å². The molecule has 0 amide bonds. The Morgan fingerprint density at radius 1 is 1.44 bits per heavy atom. The highest BCUT2D eigenvalue weighted by Gasteiger charge is 2.24. The molecule has 4 heteroatoms. The maximum absolute atomic E-state index is 12.5. The number of nitrogens with zero attached hydrogens (tertiary/aromatic N) is 1. The normalized spacial score (nSPS) is 20.2. The predicted octanol–water partition coefficient (Wildman–Crippen LogP) is 2.07. The number of ketones is 1. The molecule has 2 aromatic rings. The lowest BCUT2D eigenvalue weighted by atomic mass is 10.0. The smallest absolute Gasteiger partial charge is 0.182 e. The molecular formula is C14H16N2OS. The third-order valence-electron chi connectivity index (χ3n) is 3.40. The second-order valence-electron chi connectivity index (χ2n) is 4.62. The van der Waals surface area contributed by atoms with E-state index in [9.17, 15) is 4.79 Å². The number of carbonyl (C=O) groups is 1. The number of carbonyl (C=O) groups excluding carboxylic acids is 1. The van der Waals surface area contributed by atoms with Gasteiger partial charge in [0.05, 0.1) is 6.04 Å². The van der Waals surface area contributed by atoms with Crippen LogP contribution >= 0.6 is 11.8 Å². The van der Waals surface area contributed by atoms with E-state index in [0.717, 1.165) is 34.5 Å². The Balaban J connectivity index is 2.00. The first-order valence-corrected chi connectivity index (χ1v) is 7.32. The highest BCUT2D eigenvalue weighted by Crippen LogP contribution is 2.23. The molecule has 18 heavy (non-hydrogen) atoms. The van der Waals surface area contributed by atoms with E-state index in [2.05, 4.69) is 11.4 Å². The van der Waals surface area contributed by atoms with Gasteiger partial charge in [-0.2, -0.15) is 11.8 Å². The van der Waals surface area contributed by atoms with Gasteiger partial charge in [0.25, 0.3) is 0 Å². The van der Waals surface area contributed by atoms with Crippen LogP contribution in [-0.4, -0.2) is 34.4 Å². The van der Waals surface area contributed by atoms with Crippen molar-refractivity contribution in [3.63, 3.8) is 0 Å². The number of hydrogen-bond donors (Lipinski definition) is 1. The van der Waals surface area contributed by atoms with Crippen molar-refractivity contribution in [1.82, 2.24) is 9.88 Å². The molecule has 1 aromatic heterocycles. The number of Topliss-reactive ketones (excluding diaryl/α,β-unsaturated/α-hetero) is 1. The Hall–Kier alpha value is -1.26.